The molecule has 1 aromatic carbocycles. The molecular formula is C8H7BrIN2OP. The van der Waals surface area contributed by atoms with Crippen LogP contribution >= 0.6 is 44.3 Å². The summed E-state index contributed by atoms with van der Waals surface area (Å²) in [6.45, 7) is 0.0476. The van der Waals surface area contributed by atoms with Gasteiger partial charge in [0.25, 0.3) is 0 Å². The van der Waals surface area contributed by atoms with Crippen molar-refractivity contribution in [2.45, 2.75) is 6.61 Å². The minimum atomic E-state index is 0.0476. The number of aromatic nitrogens is 2. The summed E-state index contributed by atoms with van der Waals surface area (Å²) in [5.41, 5.74) is 1.98. The molecule has 74 valence electrons. The first kappa shape index (κ1) is 10.8. The van der Waals surface area contributed by atoms with Gasteiger partial charge in [0.05, 0.1) is 24.7 Å². The molecule has 14 heavy (non-hydrogen) atoms. The number of hydrogen-bond donors (Lipinski definition) is 1. The maximum atomic E-state index is 9.18. The molecule has 0 saturated carbocycles. The average Bonchev–Trinajstić information content (AvgIpc) is 2.59. The van der Waals surface area contributed by atoms with E-state index in [0.717, 1.165) is 20.9 Å². The van der Waals surface area contributed by atoms with Gasteiger partial charge in [0, 0.05) is 9.86 Å². The molecular weight excluding hydrogens is 378 g/mol. The van der Waals surface area contributed by atoms with Crippen LogP contribution < -0.4 is 0 Å². The quantitative estimate of drug-likeness (QED) is 0.638. The summed E-state index contributed by atoms with van der Waals surface area (Å²) in [6, 6.07) is 3.94. The maximum absolute atomic E-state index is 9.18. The van der Waals surface area contributed by atoms with Crippen molar-refractivity contribution in [3.8, 4) is 0 Å². The predicted octanol–water partition coefficient (Wildman–Crippen LogP) is 3.08. The van der Waals surface area contributed by atoms with Crippen LogP contribution in [0, 0.1) is 0 Å². The molecule has 1 aromatic heterocycles. The maximum Gasteiger partial charge on any atom is 0.0744 e. The van der Waals surface area contributed by atoms with E-state index in [0.29, 0.717) is 6.37 Å². The first-order valence-corrected chi connectivity index (χ1v) is 8.75. The normalized spacial score (nSPS) is 11.9. The minimum Gasteiger partial charge on any atom is -0.392 e. The molecule has 0 spiro atoms. The van der Waals surface area contributed by atoms with Crippen molar-refractivity contribution < 1.29 is 5.11 Å². The van der Waals surface area contributed by atoms with Crippen LogP contribution in [0.2, 0.25) is 0 Å². The highest BCUT2D eigenvalue weighted by molar-refractivity contribution is 14.2. The Morgan fingerprint density at radius 2 is 2.36 bits per heavy atom. The average molecular weight is 385 g/mol. The number of rotatable bonds is 2. The summed E-state index contributed by atoms with van der Waals surface area (Å²) in [5, 5.41) is 14.5. The molecule has 0 amide bonds. The first-order chi connectivity index (χ1) is 6.76. The van der Waals surface area contributed by atoms with Crippen LogP contribution in [-0.2, 0) is 6.61 Å². The minimum absolute atomic E-state index is 0.0476. The third kappa shape index (κ3) is 1.83. The molecule has 6 heteroatoms. The molecule has 0 aliphatic rings. The largest absolute Gasteiger partial charge is 0.392 e. The van der Waals surface area contributed by atoms with Gasteiger partial charge in [0.2, 0.25) is 0 Å². The SMILES string of the molecule is OCc1cc(Br)cc2c1cnn2PI. The van der Waals surface area contributed by atoms with Gasteiger partial charge in [-0.15, -0.1) is 0 Å². The van der Waals surface area contributed by atoms with E-state index in [-0.39, 0.29) is 6.61 Å². The summed E-state index contributed by atoms with van der Waals surface area (Å²) in [6.07, 6.45) is 2.38. The molecule has 1 N–H and O–H groups in total. The number of halogens is 2. The topological polar surface area (TPSA) is 38.1 Å². The predicted molar refractivity (Wildman–Crippen MR) is 71.1 cm³/mol. The lowest BCUT2D eigenvalue weighted by molar-refractivity contribution is 0.283. The van der Waals surface area contributed by atoms with Gasteiger partial charge in [-0.05, 0) is 39.7 Å². The summed E-state index contributed by atoms with van der Waals surface area (Å²) in [4.78, 5) is 0. The Morgan fingerprint density at radius 3 is 3.00 bits per heavy atom. The Labute approximate surface area is 104 Å². The zero-order chi connectivity index (χ0) is 10.1. The van der Waals surface area contributed by atoms with Crippen LogP contribution in [0.5, 0.6) is 0 Å². The molecule has 0 radical (unpaired) electrons. The second-order valence-electron chi connectivity index (χ2n) is 2.80. The van der Waals surface area contributed by atoms with Crippen molar-refractivity contribution in [3.63, 3.8) is 0 Å². The Balaban J connectivity index is 2.76. The highest BCUT2D eigenvalue weighted by Crippen LogP contribution is 2.31. The van der Waals surface area contributed by atoms with Crippen molar-refractivity contribution >= 4 is 55.2 Å². The van der Waals surface area contributed by atoms with E-state index in [2.05, 4.69) is 43.1 Å². The molecule has 0 aliphatic carbocycles. The fourth-order valence-electron chi connectivity index (χ4n) is 1.36. The lowest BCUT2D eigenvalue weighted by Gasteiger charge is -2.02. The Kier molecular flexibility index (Phi) is 3.42. The second kappa shape index (κ2) is 4.43. The van der Waals surface area contributed by atoms with Gasteiger partial charge in [-0.25, -0.2) is 4.45 Å². The van der Waals surface area contributed by atoms with Crippen molar-refractivity contribution in [2.75, 3.05) is 0 Å². The van der Waals surface area contributed by atoms with Gasteiger partial charge in [0.15, 0.2) is 0 Å². The lowest BCUT2D eigenvalue weighted by atomic mass is 10.1. The van der Waals surface area contributed by atoms with E-state index in [9.17, 15) is 5.11 Å². The molecule has 2 rings (SSSR count). The molecule has 2 aromatic rings. The molecule has 1 unspecified atom stereocenters. The molecule has 0 saturated heterocycles. The number of hydrogen-bond acceptors (Lipinski definition) is 2. The summed E-state index contributed by atoms with van der Waals surface area (Å²) < 4.78 is 2.91. The molecule has 1 atom stereocenters. The van der Waals surface area contributed by atoms with Gasteiger partial charge in [-0.2, -0.15) is 5.10 Å². The number of fused-ring (bicyclic) bond motifs is 1. The van der Waals surface area contributed by atoms with Crippen LogP contribution in [0.25, 0.3) is 10.9 Å². The Morgan fingerprint density at radius 1 is 1.57 bits per heavy atom. The summed E-state index contributed by atoms with van der Waals surface area (Å²) in [5.74, 6) is 0. The fraction of sp³-hybridized carbons (Fsp3) is 0.125. The smallest absolute Gasteiger partial charge is 0.0744 e. The Bertz CT molecular complexity index is 474. The summed E-state index contributed by atoms with van der Waals surface area (Å²) in [7, 11) is 0. The van der Waals surface area contributed by atoms with Gasteiger partial charge >= 0.3 is 0 Å². The zero-order valence-corrected chi connectivity index (χ0v) is 11.8. The zero-order valence-electron chi connectivity index (χ0n) is 7.04. The van der Waals surface area contributed by atoms with Crippen molar-refractivity contribution in [2.24, 2.45) is 0 Å². The van der Waals surface area contributed by atoms with Crippen LogP contribution in [0.15, 0.2) is 22.8 Å². The van der Waals surface area contributed by atoms with E-state index < -0.39 is 0 Å². The third-order valence-corrected chi connectivity index (χ3v) is 4.33. The van der Waals surface area contributed by atoms with Crippen LogP contribution in [0.1, 0.15) is 5.56 Å². The molecule has 1 heterocycles. The molecule has 0 fully saturated rings. The van der Waals surface area contributed by atoms with Crippen LogP contribution in [-0.4, -0.2) is 14.7 Å². The van der Waals surface area contributed by atoms with Gasteiger partial charge in [-0.3, -0.25) is 0 Å². The molecule has 3 nitrogen and oxygen atoms in total. The number of nitrogens with zero attached hydrogens (tertiary/aromatic N) is 2. The molecule has 0 aliphatic heterocycles. The summed E-state index contributed by atoms with van der Waals surface area (Å²) >= 11 is 5.70. The highest BCUT2D eigenvalue weighted by atomic mass is 127. The van der Waals surface area contributed by atoms with Gasteiger partial charge in [-0.1, -0.05) is 15.9 Å². The monoisotopic (exact) mass is 384 g/mol. The van der Waals surface area contributed by atoms with Gasteiger partial charge < -0.3 is 5.11 Å². The fourth-order valence-corrected chi connectivity index (χ4v) is 3.38. The standard InChI is InChI=1S/C8H7BrIN2OP/c9-6-1-5(4-13)7-3-11-12(14-10)8(7)2-6/h1-3,13-14H,4H2. The van der Waals surface area contributed by atoms with Crippen molar-refractivity contribution in [1.29, 1.82) is 0 Å². The number of aliphatic hydroxyl groups excluding tert-OH is 1. The number of aliphatic hydroxyl groups is 1. The van der Waals surface area contributed by atoms with E-state index in [1.165, 1.54) is 0 Å². The van der Waals surface area contributed by atoms with E-state index in [1.54, 1.807) is 6.20 Å². The van der Waals surface area contributed by atoms with E-state index >= 15 is 0 Å². The lowest BCUT2D eigenvalue weighted by Crippen LogP contribution is -1.86. The van der Waals surface area contributed by atoms with Gasteiger partial charge in [0.1, 0.15) is 0 Å². The van der Waals surface area contributed by atoms with Crippen LogP contribution in [0.4, 0.5) is 0 Å². The number of benzene rings is 1. The first-order valence-electron chi connectivity index (χ1n) is 3.90. The van der Waals surface area contributed by atoms with Crippen LogP contribution in [0.3, 0.4) is 0 Å². The molecule has 0 bridgehead atoms. The van der Waals surface area contributed by atoms with E-state index in [1.807, 2.05) is 16.6 Å². The van der Waals surface area contributed by atoms with Crippen molar-refractivity contribution in [1.82, 2.24) is 9.55 Å². The third-order valence-electron chi connectivity index (χ3n) is 1.99. The second-order valence-corrected chi connectivity index (χ2v) is 5.75. The Hall–Kier alpha value is 0.290. The highest BCUT2D eigenvalue weighted by Gasteiger charge is 2.07. The van der Waals surface area contributed by atoms with E-state index in [4.69, 9.17) is 0 Å². The van der Waals surface area contributed by atoms with Crippen molar-refractivity contribution in [3.05, 3.63) is 28.4 Å².